The number of halogens is 1. The highest BCUT2D eigenvalue weighted by Gasteiger charge is 2.20. The molecule has 0 saturated carbocycles. The van der Waals surface area contributed by atoms with E-state index in [1.807, 2.05) is 13.0 Å². The molecule has 5 heteroatoms. The molecule has 0 fully saturated rings. The van der Waals surface area contributed by atoms with Gasteiger partial charge in [-0.2, -0.15) is 0 Å². The maximum absolute atomic E-state index is 12.3. The van der Waals surface area contributed by atoms with Crippen LogP contribution in [0.15, 0.2) is 42.6 Å². The zero-order chi connectivity index (χ0) is 14.7. The Bertz CT molecular complexity index is 614. The van der Waals surface area contributed by atoms with E-state index in [9.17, 15) is 9.90 Å². The van der Waals surface area contributed by atoms with Gasteiger partial charge in [-0.15, -0.1) is 0 Å². The Balaban J connectivity index is 2.20. The molecule has 104 valence electrons. The second-order valence-electron chi connectivity index (χ2n) is 4.55. The fourth-order valence-electron chi connectivity index (χ4n) is 1.87. The lowest BCUT2D eigenvalue weighted by Crippen LogP contribution is -2.30. The van der Waals surface area contributed by atoms with Crippen molar-refractivity contribution < 1.29 is 9.90 Å². The van der Waals surface area contributed by atoms with Crippen molar-refractivity contribution in [2.24, 2.45) is 0 Å². The minimum Gasteiger partial charge on any atom is -0.508 e. The first-order chi connectivity index (χ1) is 9.49. The largest absolute Gasteiger partial charge is 0.508 e. The van der Waals surface area contributed by atoms with E-state index in [1.165, 1.54) is 6.20 Å². The van der Waals surface area contributed by atoms with Crippen molar-refractivity contribution >= 4 is 17.5 Å². The van der Waals surface area contributed by atoms with Gasteiger partial charge in [-0.25, -0.2) is 4.98 Å². The van der Waals surface area contributed by atoms with Crippen molar-refractivity contribution in [1.29, 1.82) is 0 Å². The molecule has 2 rings (SSSR count). The monoisotopic (exact) mass is 290 g/mol. The number of rotatable bonds is 3. The summed E-state index contributed by atoms with van der Waals surface area (Å²) in [7, 11) is 1.70. The van der Waals surface area contributed by atoms with Crippen LogP contribution in [0, 0.1) is 0 Å². The van der Waals surface area contributed by atoms with Crippen molar-refractivity contribution in [2.45, 2.75) is 13.0 Å². The summed E-state index contributed by atoms with van der Waals surface area (Å²) in [5.41, 5.74) is 1.19. The number of amides is 1. The molecule has 2 aromatic rings. The number of hydrogen-bond acceptors (Lipinski definition) is 3. The Morgan fingerprint density at radius 1 is 1.35 bits per heavy atom. The van der Waals surface area contributed by atoms with Crippen LogP contribution in [0.2, 0.25) is 5.02 Å². The summed E-state index contributed by atoms with van der Waals surface area (Å²) >= 11 is 5.76. The highest BCUT2D eigenvalue weighted by Crippen LogP contribution is 2.23. The number of aromatic hydroxyl groups is 1. The summed E-state index contributed by atoms with van der Waals surface area (Å²) in [4.78, 5) is 17.9. The molecule has 0 aliphatic heterocycles. The third-order valence-electron chi connectivity index (χ3n) is 3.20. The molecule has 0 aliphatic carbocycles. The van der Waals surface area contributed by atoms with E-state index in [1.54, 1.807) is 42.3 Å². The summed E-state index contributed by atoms with van der Waals surface area (Å²) in [6, 6.07) is 9.91. The first-order valence-corrected chi connectivity index (χ1v) is 6.54. The summed E-state index contributed by atoms with van der Waals surface area (Å²) in [6.45, 7) is 1.89. The summed E-state index contributed by atoms with van der Waals surface area (Å²) in [5.74, 6) is -0.0164. The Labute approximate surface area is 122 Å². The van der Waals surface area contributed by atoms with Gasteiger partial charge in [0, 0.05) is 13.2 Å². The quantitative estimate of drug-likeness (QED) is 0.944. The molecule has 1 aromatic heterocycles. The topological polar surface area (TPSA) is 53.4 Å². The Morgan fingerprint density at radius 2 is 2.10 bits per heavy atom. The highest BCUT2D eigenvalue weighted by molar-refractivity contribution is 6.30. The van der Waals surface area contributed by atoms with E-state index < -0.39 is 0 Å². The average Bonchev–Trinajstić information content (AvgIpc) is 2.46. The van der Waals surface area contributed by atoms with Crippen LogP contribution in [-0.4, -0.2) is 27.9 Å². The molecule has 0 aliphatic rings. The van der Waals surface area contributed by atoms with Crippen LogP contribution in [0.3, 0.4) is 0 Å². The predicted molar refractivity (Wildman–Crippen MR) is 77.9 cm³/mol. The fourth-order valence-corrected chi connectivity index (χ4v) is 1.98. The first kappa shape index (κ1) is 14.3. The Morgan fingerprint density at radius 3 is 2.70 bits per heavy atom. The number of phenols is 1. The second-order valence-corrected chi connectivity index (χ2v) is 4.99. The molecule has 4 nitrogen and oxygen atoms in total. The summed E-state index contributed by atoms with van der Waals surface area (Å²) < 4.78 is 0. The average molecular weight is 291 g/mol. The lowest BCUT2D eigenvalue weighted by atomic mass is 10.1. The van der Waals surface area contributed by atoms with Crippen LogP contribution in [0.1, 0.15) is 29.0 Å². The smallest absolute Gasteiger partial charge is 0.272 e. The van der Waals surface area contributed by atoms with Crippen molar-refractivity contribution in [3.8, 4) is 5.75 Å². The fraction of sp³-hybridized carbons (Fsp3) is 0.200. The molecule has 20 heavy (non-hydrogen) atoms. The number of pyridine rings is 1. The van der Waals surface area contributed by atoms with Crippen LogP contribution >= 0.6 is 11.6 Å². The van der Waals surface area contributed by atoms with Crippen LogP contribution < -0.4 is 0 Å². The van der Waals surface area contributed by atoms with Gasteiger partial charge in [0.2, 0.25) is 0 Å². The number of aromatic nitrogens is 1. The van der Waals surface area contributed by atoms with Gasteiger partial charge in [-0.3, -0.25) is 4.79 Å². The van der Waals surface area contributed by atoms with Crippen LogP contribution in [0.4, 0.5) is 0 Å². The number of benzene rings is 1. The zero-order valence-corrected chi connectivity index (χ0v) is 12.0. The molecule has 0 spiro atoms. The Hall–Kier alpha value is -2.07. The summed E-state index contributed by atoms with van der Waals surface area (Å²) in [6.07, 6.45) is 1.45. The maximum atomic E-state index is 12.3. The number of nitrogens with zero attached hydrogens (tertiary/aromatic N) is 2. The van der Waals surface area contributed by atoms with Gasteiger partial charge in [0.25, 0.3) is 5.91 Å². The van der Waals surface area contributed by atoms with Crippen molar-refractivity contribution in [3.05, 3.63) is 58.9 Å². The second kappa shape index (κ2) is 5.92. The molecule has 0 saturated heterocycles. The minimum atomic E-state index is -0.197. The maximum Gasteiger partial charge on any atom is 0.272 e. The standard InChI is InChI=1S/C15H15ClN2O2/c1-10(11-4-3-5-13(19)8-11)18(2)15(20)14-7-6-12(16)9-17-14/h3-10,19H,1-2H3. The van der Waals surface area contributed by atoms with E-state index in [-0.39, 0.29) is 17.7 Å². The van der Waals surface area contributed by atoms with E-state index in [0.717, 1.165) is 5.56 Å². The summed E-state index contributed by atoms with van der Waals surface area (Å²) in [5, 5.41) is 9.99. The molecule has 1 N–H and O–H groups in total. The zero-order valence-electron chi connectivity index (χ0n) is 11.2. The SMILES string of the molecule is CC(c1cccc(O)c1)N(C)C(=O)c1ccc(Cl)cn1. The molecule has 1 aromatic carbocycles. The van der Waals surface area contributed by atoms with Gasteiger partial charge >= 0.3 is 0 Å². The van der Waals surface area contributed by atoms with Crippen LogP contribution in [-0.2, 0) is 0 Å². The molecule has 1 amide bonds. The number of phenolic OH excluding ortho intramolecular Hbond substituents is 1. The van der Waals surface area contributed by atoms with Gasteiger partial charge < -0.3 is 10.0 Å². The first-order valence-electron chi connectivity index (χ1n) is 6.16. The number of hydrogen-bond donors (Lipinski definition) is 1. The molecule has 1 atom stereocenters. The van der Waals surface area contributed by atoms with Gasteiger partial charge in [-0.05, 0) is 36.8 Å². The molecular weight excluding hydrogens is 276 g/mol. The number of carbonyl (C=O) groups excluding carboxylic acids is 1. The molecule has 1 unspecified atom stereocenters. The lowest BCUT2D eigenvalue weighted by Gasteiger charge is -2.25. The van der Waals surface area contributed by atoms with Crippen LogP contribution in [0.5, 0.6) is 5.75 Å². The highest BCUT2D eigenvalue weighted by atomic mass is 35.5. The van der Waals surface area contributed by atoms with Crippen molar-refractivity contribution in [1.82, 2.24) is 9.88 Å². The van der Waals surface area contributed by atoms with Gasteiger partial charge in [-0.1, -0.05) is 23.7 Å². The predicted octanol–water partition coefficient (Wildman–Crippen LogP) is 3.27. The molecular formula is C15H15ClN2O2. The van der Waals surface area contributed by atoms with E-state index in [4.69, 9.17) is 11.6 Å². The van der Waals surface area contributed by atoms with E-state index >= 15 is 0 Å². The van der Waals surface area contributed by atoms with Crippen LogP contribution in [0.25, 0.3) is 0 Å². The van der Waals surface area contributed by atoms with Gasteiger partial charge in [0.15, 0.2) is 0 Å². The third-order valence-corrected chi connectivity index (χ3v) is 3.42. The molecule has 0 bridgehead atoms. The third kappa shape index (κ3) is 3.08. The van der Waals surface area contributed by atoms with Gasteiger partial charge in [0.1, 0.15) is 11.4 Å². The van der Waals surface area contributed by atoms with Crippen molar-refractivity contribution in [3.63, 3.8) is 0 Å². The van der Waals surface area contributed by atoms with Gasteiger partial charge in [0.05, 0.1) is 11.1 Å². The van der Waals surface area contributed by atoms with E-state index in [0.29, 0.717) is 10.7 Å². The normalized spacial score (nSPS) is 11.9. The lowest BCUT2D eigenvalue weighted by molar-refractivity contribution is 0.0736. The van der Waals surface area contributed by atoms with E-state index in [2.05, 4.69) is 4.98 Å². The number of carbonyl (C=O) groups is 1. The molecule has 1 heterocycles. The minimum absolute atomic E-state index is 0.174. The molecule has 0 radical (unpaired) electrons. The Kier molecular flexibility index (Phi) is 4.25. The van der Waals surface area contributed by atoms with Crippen molar-refractivity contribution in [2.75, 3.05) is 7.05 Å².